The topological polar surface area (TPSA) is 98.0 Å². The first-order chi connectivity index (χ1) is 33.5. The molecule has 0 saturated carbocycles. The summed E-state index contributed by atoms with van der Waals surface area (Å²) < 4.78 is 33.1. The van der Waals surface area contributed by atoms with E-state index in [0.29, 0.717) is 6.42 Å². The lowest BCUT2D eigenvalue weighted by Gasteiger charge is -2.41. The van der Waals surface area contributed by atoms with E-state index in [0.717, 1.165) is 138 Å². The molecule has 1 aliphatic rings. The van der Waals surface area contributed by atoms with Gasteiger partial charge in [-0.25, -0.2) is 0 Å². The Bertz CT molecular complexity index is 4520. The Balaban J connectivity index is 0.863. The number of hydrogen-bond donors (Lipinski definition) is 0. The van der Waals surface area contributed by atoms with Gasteiger partial charge in [0.05, 0.1) is 10.9 Å². The van der Waals surface area contributed by atoms with Crippen LogP contribution in [0.15, 0.2) is 199 Å². The van der Waals surface area contributed by atoms with Crippen molar-refractivity contribution in [2.24, 2.45) is 0 Å². The lowest BCUT2D eigenvalue weighted by molar-refractivity contribution is 0.545. The molecule has 15 rings (SSSR count). The van der Waals surface area contributed by atoms with Gasteiger partial charge in [0.2, 0.25) is 0 Å². The number of rotatable bonds is 6. The number of benzene rings is 7. The molecule has 322 valence electrons. The average molecular weight is 881 g/mol. The van der Waals surface area contributed by atoms with E-state index in [-0.39, 0.29) is 0 Å². The van der Waals surface area contributed by atoms with Crippen LogP contribution in [0.4, 0.5) is 28.4 Å². The Labute approximate surface area is 385 Å². The Hall–Kier alpha value is -9.08. The molecule has 9 nitrogen and oxygen atoms in total. The second kappa shape index (κ2) is 13.7. The van der Waals surface area contributed by atoms with Crippen LogP contribution in [0.25, 0.3) is 111 Å². The lowest BCUT2D eigenvalue weighted by atomic mass is 9.89. The largest absolute Gasteiger partial charge is 0.456 e. The summed E-state index contributed by atoms with van der Waals surface area (Å²) in [5.74, 6) is 0. The molecule has 7 heterocycles. The van der Waals surface area contributed by atoms with E-state index < -0.39 is 5.54 Å². The Morgan fingerprint density at radius 2 is 0.926 bits per heavy atom. The van der Waals surface area contributed by atoms with E-state index in [9.17, 15) is 0 Å². The van der Waals surface area contributed by atoms with Crippen LogP contribution in [0, 0.1) is 0 Å². The van der Waals surface area contributed by atoms with Gasteiger partial charge in [-0.05, 0) is 116 Å². The molecule has 0 saturated heterocycles. The molecule has 0 N–H and O–H groups in total. The van der Waals surface area contributed by atoms with Gasteiger partial charge in [-0.2, -0.15) is 0 Å². The van der Waals surface area contributed by atoms with E-state index in [1.54, 1.807) is 0 Å². The standard InChI is InChI=1S/C59H36N4O5/c1-59(63(35-23-28-61-29-24-35)38-12-14-42-40-7-3-5-9-47(40)65-52(42)32-38)25-20-44-54(33-59)67-48-18-19-49-56(55(44)48)45-16-17-50-57(58(45)68-49)43-15-11-37(31-53(43)66-50)62(34-21-26-60-27-22-34)36-10-13-41-39-6-2-4-8-46(39)64-51(41)30-36/h2-24,26-33H,25H2,1H3. The molecule has 68 heavy (non-hydrogen) atoms. The first-order valence-electron chi connectivity index (χ1n) is 22.7. The number of anilines is 5. The fourth-order valence-electron chi connectivity index (χ4n) is 10.9. The van der Waals surface area contributed by atoms with Gasteiger partial charge in [-0.3, -0.25) is 9.97 Å². The van der Waals surface area contributed by atoms with Crippen molar-refractivity contribution in [1.82, 2.24) is 9.97 Å². The first-order valence-corrected chi connectivity index (χ1v) is 22.7. The lowest BCUT2D eigenvalue weighted by Crippen LogP contribution is -2.46. The summed E-state index contributed by atoms with van der Waals surface area (Å²) in [5, 5.41) is 10.4. The fraction of sp³-hybridized carbons (Fsp3) is 0.0508. The number of furan rings is 5. The highest BCUT2D eigenvalue weighted by Crippen LogP contribution is 2.45. The predicted octanol–water partition coefficient (Wildman–Crippen LogP) is 14.9. The molecule has 0 fully saturated rings. The van der Waals surface area contributed by atoms with Crippen LogP contribution < -0.4 is 20.4 Å². The molecule has 0 spiro atoms. The van der Waals surface area contributed by atoms with Gasteiger partial charge in [0.25, 0.3) is 0 Å². The van der Waals surface area contributed by atoms with E-state index in [1.165, 1.54) is 0 Å². The highest BCUT2D eigenvalue weighted by molar-refractivity contribution is 6.26. The molecule has 14 aromatic rings. The second-order valence-corrected chi connectivity index (χ2v) is 17.9. The van der Waals surface area contributed by atoms with Crippen LogP contribution in [-0.2, 0) is 0 Å². The molecule has 0 amide bonds. The van der Waals surface area contributed by atoms with E-state index >= 15 is 0 Å². The van der Waals surface area contributed by atoms with Gasteiger partial charge in [0.1, 0.15) is 55.7 Å². The molecule has 1 atom stereocenters. The summed E-state index contributed by atoms with van der Waals surface area (Å²) in [6.45, 7) is 2.26. The maximum absolute atomic E-state index is 6.86. The Kier molecular flexibility index (Phi) is 7.50. The third-order valence-corrected chi connectivity index (χ3v) is 14.0. The van der Waals surface area contributed by atoms with Crippen molar-refractivity contribution in [3.8, 4) is 0 Å². The van der Waals surface area contributed by atoms with Gasteiger partial charge in [0, 0.05) is 120 Å². The van der Waals surface area contributed by atoms with Crippen molar-refractivity contribution in [2.75, 3.05) is 9.80 Å². The van der Waals surface area contributed by atoms with Crippen LogP contribution in [0.3, 0.4) is 0 Å². The molecule has 1 unspecified atom stereocenters. The van der Waals surface area contributed by atoms with Crippen LogP contribution >= 0.6 is 0 Å². The normalized spacial score (nSPS) is 15.1. The van der Waals surface area contributed by atoms with Crippen LogP contribution in [0.2, 0.25) is 0 Å². The molecule has 1 aliphatic carbocycles. The maximum Gasteiger partial charge on any atom is 0.147 e. The zero-order valence-electron chi connectivity index (χ0n) is 36.4. The van der Waals surface area contributed by atoms with Gasteiger partial charge in [0.15, 0.2) is 0 Å². The van der Waals surface area contributed by atoms with E-state index in [2.05, 4.69) is 130 Å². The summed E-state index contributed by atoms with van der Waals surface area (Å²) >= 11 is 0. The highest BCUT2D eigenvalue weighted by Gasteiger charge is 2.34. The molecule has 0 bridgehead atoms. The summed E-state index contributed by atoms with van der Waals surface area (Å²) in [6.07, 6.45) is 12.6. The minimum absolute atomic E-state index is 0.507. The number of aromatic nitrogens is 2. The first kappa shape index (κ1) is 37.2. The third-order valence-electron chi connectivity index (χ3n) is 14.0. The number of hydrogen-bond acceptors (Lipinski definition) is 9. The Morgan fingerprint density at radius 1 is 0.412 bits per heavy atom. The van der Waals surface area contributed by atoms with Crippen LogP contribution in [0.1, 0.15) is 13.3 Å². The number of pyridine rings is 2. The summed E-state index contributed by atoms with van der Waals surface area (Å²) in [5.41, 5.74) is 12.5. The SMILES string of the molecule is CC1(N(c2ccncc2)c2ccc3c(c2)oc2ccccc23)C=c2oc3ccc4oc5c(ccc6oc7cc(N(c8ccncc8)c8ccc9c(c8)oc8ccccc89)ccc7c65)c4c3c2=CC1. The van der Waals surface area contributed by atoms with Crippen LogP contribution in [0.5, 0.6) is 0 Å². The van der Waals surface area contributed by atoms with Crippen molar-refractivity contribution in [1.29, 1.82) is 0 Å². The predicted molar refractivity (Wildman–Crippen MR) is 272 cm³/mol. The number of fused-ring (bicyclic) bond motifs is 17. The van der Waals surface area contributed by atoms with Crippen molar-refractivity contribution in [2.45, 2.75) is 18.9 Å². The van der Waals surface area contributed by atoms with Gasteiger partial charge < -0.3 is 31.9 Å². The minimum atomic E-state index is -0.507. The minimum Gasteiger partial charge on any atom is -0.456 e. The number of nitrogens with zero attached hydrogens (tertiary/aromatic N) is 4. The highest BCUT2D eigenvalue weighted by atomic mass is 16.4. The summed E-state index contributed by atoms with van der Waals surface area (Å²) in [4.78, 5) is 13.2. The van der Waals surface area contributed by atoms with Crippen molar-refractivity contribution in [3.63, 3.8) is 0 Å². The molecule has 0 aliphatic heterocycles. The molecule has 7 aromatic carbocycles. The molecule has 9 heteroatoms. The summed E-state index contributed by atoms with van der Waals surface area (Å²) in [7, 11) is 0. The number of para-hydroxylation sites is 2. The van der Waals surface area contributed by atoms with Crippen molar-refractivity contribution < 1.29 is 22.1 Å². The third kappa shape index (κ3) is 5.32. The Morgan fingerprint density at radius 3 is 1.62 bits per heavy atom. The fourth-order valence-corrected chi connectivity index (χ4v) is 10.9. The quantitative estimate of drug-likeness (QED) is 0.162. The molecule has 0 radical (unpaired) electrons. The zero-order chi connectivity index (χ0) is 44.7. The maximum atomic E-state index is 6.86. The average Bonchev–Trinajstić information content (AvgIpc) is 4.20. The smallest absolute Gasteiger partial charge is 0.147 e. The molecular weight excluding hydrogens is 845 g/mol. The van der Waals surface area contributed by atoms with Crippen molar-refractivity contribution in [3.05, 3.63) is 187 Å². The summed E-state index contributed by atoms with van der Waals surface area (Å²) in [6, 6.07) is 51.9. The second-order valence-electron chi connectivity index (χ2n) is 17.9. The van der Waals surface area contributed by atoms with Crippen molar-refractivity contribution >= 4 is 139 Å². The van der Waals surface area contributed by atoms with Gasteiger partial charge >= 0.3 is 0 Å². The van der Waals surface area contributed by atoms with Gasteiger partial charge in [-0.15, -0.1) is 0 Å². The monoisotopic (exact) mass is 880 g/mol. The zero-order valence-corrected chi connectivity index (χ0v) is 36.4. The van der Waals surface area contributed by atoms with Gasteiger partial charge in [-0.1, -0.05) is 42.5 Å². The van der Waals surface area contributed by atoms with E-state index in [1.807, 2.05) is 85.5 Å². The van der Waals surface area contributed by atoms with E-state index in [4.69, 9.17) is 22.1 Å². The molecular formula is C59H36N4O5. The van der Waals surface area contributed by atoms with Crippen LogP contribution in [-0.4, -0.2) is 15.5 Å². The molecule has 7 aromatic heterocycles.